The summed E-state index contributed by atoms with van der Waals surface area (Å²) >= 11 is 6.17. The number of para-hydroxylation sites is 1. The number of nitrogens with zero attached hydrogens (tertiary/aromatic N) is 3. The molecular weight excluding hydrogens is 430 g/mol. The van der Waals surface area contributed by atoms with Crippen molar-refractivity contribution in [2.45, 2.75) is 6.42 Å². The lowest BCUT2D eigenvalue weighted by Crippen LogP contribution is -2.47. The second-order valence-electron chi connectivity index (χ2n) is 7.76. The number of carbonyl (C=O) groups excluding carboxylic acids is 2. The Morgan fingerprint density at radius 2 is 2.00 bits per heavy atom. The predicted octanol–water partition coefficient (Wildman–Crippen LogP) is 2.45. The van der Waals surface area contributed by atoms with Gasteiger partial charge < -0.3 is 20.4 Å². The van der Waals surface area contributed by atoms with Crippen molar-refractivity contribution < 1.29 is 14.3 Å². The van der Waals surface area contributed by atoms with Crippen molar-refractivity contribution in [3.8, 4) is 5.75 Å². The number of hydrogen-bond acceptors (Lipinski definition) is 6. The number of nitrogens with one attached hydrogen (secondary N) is 2. The molecule has 32 heavy (non-hydrogen) atoms. The number of ether oxygens (including phenoxy) is 1. The summed E-state index contributed by atoms with van der Waals surface area (Å²) < 4.78 is 5.44. The first-order valence-corrected chi connectivity index (χ1v) is 10.7. The number of benzene rings is 2. The number of amidine groups is 1. The maximum absolute atomic E-state index is 13.4. The highest BCUT2D eigenvalue weighted by Crippen LogP contribution is 2.26. The van der Waals surface area contributed by atoms with E-state index in [1.54, 1.807) is 42.5 Å². The van der Waals surface area contributed by atoms with Crippen LogP contribution < -0.4 is 15.5 Å². The molecule has 0 radical (unpaired) electrons. The van der Waals surface area contributed by atoms with Gasteiger partial charge in [-0.1, -0.05) is 29.8 Å². The smallest absolute Gasteiger partial charge is 0.244 e. The maximum Gasteiger partial charge on any atom is 0.244 e. The second-order valence-corrected chi connectivity index (χ2v) is 8.20. The molecule has 2 amide bonds. The zero-order valence-electron chi connectivity index (χ0n) is 18.5. The number of rotatable bonds is 7. The first-order valence-electron chi connectivity index (χ1n) is 10.3. The second kappa shape index (κ2) is 11.0. The third kappa shape index (κ3) is 6.45. The summed E-state index contributed by atoms with van der Waals surface area (Å²) in [5.74, 6) is 0.421. The van der Waals surface area contributed by atoms with Gasteiger partial charge in [0.2, 0.25) is 11.8 Å². The number of hydrogen-bond donors (Lipinski definition) is 2. The Hall–Kier alpha value is -3.10. The highest BCUT2D eigenvalue weighted by Gasteiger charge is 2.30. The Kier molecular flexibility index (Phi) is 8.08. The molecule has 2 aromatic rings. The number of amides is 2. The molecule has 1 atom stereocenters. The van der Waals surface area contributed by atoms with Gasteiger partial charge in [0.05, 0.1) is 26.1 Å². The fourth-order valence-corrected chi connectivity index (χ4v) is 3.74. The van der Waals surface area contributed by atoms with Gasteiger partial charge in [-0.15, -0.1) is 0 Å². The van der Waals surface area contributed by atoms with E-state index in [2.05, 4.69) is 15.7 Å². The third-order valence-electron chi connectivity index (χ3n) is 4.96. The van der Waals surface area contributed by atoms with Gasteiger partial charge in [-0.2, -0.15) is 0 Å². The molecule has 0 saturated carbocycles. The van der Waals surface area contributed by atoms with E-state index in [1.165, 1.54) is 4.90 Å². The van der Waals surface area contributed by atoms with Crippen LogP contribution in [0.3, 0.4) is 0 Å². The lowest BCUT2D eigenvalue weighted by molar-refractivity contribution is -0.137. The van der Waals surface area contributed by atoms with Crippen LogP contribution in [0, 0.1) is 5.92 Å². The quantitative estimate of drug-likeness (QED) is 0.624. The molecule has 0 fully saturated rings. The molecular formula is C23H28ClN5O3. The lowest BCUT2D eigenvalue weighted by Gasteiger charge is -2.25. The van der Waals surface area contributed by atoms with Crippen molar-refractivity contribution in [2.24, 2.45) is 10.9 Å². The number of halogens is 1. The summed E-state index contributed by atoms with van der Waals surface area (Å²) in [4.78, 5) is 32.2. The average molecular weight is 458 g/mol. The van der Waals surface area contributed by atoms with Crippen LogP contribution >= 0.6 is 11.6 Å². The van der Waals surface area contributed by atoms with Crippen molar-refractivity contribution in [1.82, 2.24) is 15.3 Å². The van der Waals surface area contributed by atoms with E-state index >= 15 is 0 Å². The van der Waals surface area contributed by atoms with Crippen LogP contribution in [-0.4, -0.2) is 68.4 Å². The van der Waals surface area contributed by atoms with Crippen molar-refractivity contribution in [3.05, 3.63) is 59.1 Å². The molecule has 0 aliphatic carbocycles. The summed E-state index contributed by atoms with van der Waals surface area (Å²) in [7, 11) is 5.27. The molecule has 0 aromatic heterocycles. The Morgan fingerprint density at radius 3 is 2.69 bits per heavy atom. The molecule has 2 N–H and O–H groups in total. The topological polar surface area (TPSA) is 86.3 Å². The van der Waals surface area contributed by atoms with E-state index in [0.29, 0.717) is 35.3 Å². The first-order chi connectivity index (χ1) is 15.4. The van der Waals surface area contributed by atoms with E-state index in [0.717, 1.165) is 5.56 Å². The summed E-state index contributed by atoms with van der Waals surface area (Å²) in [5, 5.41) is 5.16. The van der Waals surface area contributed by atoms with Gasteiger partial charge in [0.1, 0.15) is 18.1 Å². The monoisotopic (exact) mass is 457 g/mol. The van der Waals surface area contributed by atoms with Gasteiger partial charge in [-0.05, 0) is 42.3 Å². The SMILES string of the molecule is COc1ccc(Cl)cc1C[C@@H]1CN=C(NN(C)C)CN(CC(=O)Nc2ccccc2)C1=O. The summed E-state index contributed by atoms with van der Waals surface area (Å²) in [6.45, 7) is 0.426. The number of hydrazine groups is 1. The number of methoxy groups -OCH3 is 1. The highest BCUT2D eigenvalue weighted by atomic mass is 35.5. The van der Waals surface area contributed by atoms with Crippen molar-refractivity contribution in [1.29, 1.82) is 0 Å². The maximum atomic E-state index is 13.4. The Morgan fingerprint density at radius 1 is 1.25 bits per heavy atom. The molecule has 8 nitrogen and oxygen atoms in total. The summed E-state index contributed by atoms with van der Waals surface area (Å²) in [6.07, 6.45) is 0.401. The molecule has 1 aliphatic rings. The molecule has 0 saturated heterocycles. The van der Waals surface area contributed by atoms with E-state index in [1.807, 2.05) is 32.3 Å². The van der Waals surface area contributed by atoms with Crippen molar-refractivity contribution in [3.63, 3.8) is 0 Å². The Balaban J connectivity index is 1.80. The molecule has 2 aromatic carbocycles. The molecule has 0 bridgehead atoms. The van der Waals surface area contributed by atoms with Crippen LogP contribution in [0.15, 0.2) is 53.5 Å². The van der Waals surface area contributed by atoms with Gasteiger partial charge >= 0.3 is 0 Å². The largest absolute Gasteiger partial charge is 0.496 e. The minimum absolute atomic E-state index is 0.0783. The van der Waals surface area contributed by atoms with Crippen LogP contribution in [0.4, 0.5) is 5.69 Å². The molecule has 0 spiro atoms. The third-order valence-corrected chi connectivity index (χ3v) is 5.19. The number of carbonyl (C=O) groups is 2. The zero-order chi connectivity index (χ0) is 23.1. The van der Waals surface area contributed by atoms with E-state index in [-0.39, 0.29) is 24.9 Å². The fourth-order valence-electron chi connectivity index (χ4n) is 3.55. The van der Waals surface area contributed by atoms with Crippen molar-refractivity contribution in [2.75, 3.05) is 46.2 Å². The minimum atomic E-state index is -0.451. The normalized spacial score (nSPS) is 16.4. The zero-order valence-corrected chi connectivity index (χ0v) is 19.2. The summed E-state index contributed by atoms with van der Waals surface area (Å²) in [5.41, 5.74) is 4.63. The Bertz CT molecular complexity index is 981. The molecule has 9 heteroatoms. The van der Waals surface area contributed by atoms with Crippen LogP contribution in [-0.2, 0) is 16.0 Å². The summed E-state index contributed by atoms with van der Waals surface area (Å²) in [6, 6.07) is 14.5. The number of anilines is 1. The highest BCUT2D eigenvalue weighted by molar-refractivity contribution is 6.30. The van der Waals surface area contributed by atoms with Gasteiger partial charge in [-0.25, -0.2) is 5.01 Å². The van der Waals surface area contributed by atoms with E-state index in [9.17, 15) is 9.59 Å². The van der Waals surface area contributed by atoms with Gasteiger partial charge in [0, 0.05) is 24.8 Å². The van der Waals surface area contributed by atoms with Crippen LogP contribution in [0.5, 0.6) is 5.75 Å². The first kappa shape index (κ1) is 23.6. The molecule has 1 aliphatic heterocycles. The predicted molar refractivity (Wildman–Crippen MR) is 126 cm³/mol. The fraction of sp³-hybridized carbons (Fsp3) is 0.348. The lowest BCUT2D eigenvalue weighted by atomic mass is 9.97. The van der Waals surface area contributed by atoms with E-state index in [4.69, 9.17) is 16.3 Å². The minimum Gasteiger partial charge on any atom is -0.496 e. The molecule has 0 unspecified atom stereocenters. The van der Waals surface area contributed by atoms with Gasteiger partial charge in [-0.3, -0.25) is 14.6 Å². The van der Waals surface area contributed by atoms with Crippen molar-refractivity contribution >= 4 is 34.9 Å². The van der Waals surface area contributed by atoms with E-state index < -0.39 is 5.92 Å². The molecule has 1 heterocycles. The number of aliphatic imine (C=N–C) groups is 1. The molecule has 170 valence electrons. The van der Waals surface area contributed by atoms with Crippen LogP contribution in [0.1, 0.15) is 5.56 Å². The molecule has 3 rings (SSSR count). The standard InChI is InChI=1S/C23H28ClN5O3/c1-28(2)27-21-14-29(15-22(30)26-19-7-5-4-6-8-19)23(31)17(13-25-21)11-16-12-18(24)9-10-20(16)32-3/h4-10,12,17H,11,13-15H2,1-3H3,(H,25,27)(H,26,30)/t17-/m1/s1. The van der Waals surface area contributed by atoms with Gasteiger partial charge in [0.25, 0.3) is 0 Å². The van der Waals surface area contributed by atoms with Crippen LogP contribution in [0.2, 0.25) is 5.02 Å². The Labute approximate surface area is 193 Å². The average Bonchev–Trinajstić information content (AvgIpc) is 2.88. The van der Waals surface area contributed by atoms with Crippen LogP contribution in [0.25, 0.3) is 0 Å². The van der Waals surface area contributed by atoms with Gasteiger partial charge in [0.15, 0.2) is 0 Å².